The summed E-state index contributed by atoms with van der Waals surface area (Å²) in [4.78, 5) is 18.4. The summed E-state index contributed by atoms with van der Waals surface area (Å²) in [5.41, 5.74) is -0.967. The lowest BCUT2D eigenvalue weighted by Crippen LogP contribution is -2.67. The molecular weight excluding hydrogens is 482 g/mol. The van der Waals surface area contributed by atoms with Gasteiger partial charge in [-0.1, -0.05) is 32.1 Å². The number of carbonyl (C=O) groups excluding carboxylic acids is 1. The van der Waals surface area contributed by atoms with E-state index >= 15 is 0 Å². The summed E-state index contributed by atoms with van der Waals surface area (Å²) in [5.74, 6) is 0.630. The summed E-state index contributed by atoms with van der Waals surface area (Å²) in [6.07, 6.45) is 12.7. The van der Waals surface area contributed by atoms with Gasteiger partial charge < -0.3 is 20.2 Å². The van der Waals surface area contributed by atoms with Crippen molar-refractivity contribution in [1.82, 2.24) is 4.90 Å². The van der Waals surface area contributed by atoms with Gasteiger partial charge in [0.1, 0.15) is 0 Å². The fourth-order valence-electron chi connectivity index (χ4n) is 9.98. The highest BCUT2D eigenvalue weighted by atomic mass is 32.1. The minimum atomic E-state index is -0.863. The summed E-state index contributed by atoms with van der Waals surface area (Å²) in [7, 11) is 1.98. The van der Waals surface area contributed by atoms with Gasteiger partial charge in [-0.3, -0.25) is 4.79 Å². The maximum Gasteiger partial charge on any atom is 0.199 e. The maximum absolute atomic E-state index is 14.4. The second kappa shape index (κ2) is 8.34. The second-order valence-electron chi connectivity index (χ2n) is 13.5. The Hall–Kier alpha value is -1.31. The van der Waals surface area contributed by atoms with E-state index in [4.69, 9.17) is 0 Å². The highest BCUT2D eigenvalue weighted by molar-refractivity contribution is 7.14. The molecule has 37 heavy (non-hydrogen) atoms. The number of nitrogens with zero attached hydrogens (tertiary/aromatic N) is 1. The van der Waals surface area contributed by atoms with Crippen LogP contribution in [0.15, 0.2) is 35.9 Å². The predicted octanol–water partition coefficient (Wildman–Crippen LogP) is 4.75. The standard InChI is InChI=1S/C31H43NO4S/c1-20-5-6-23(37-20)26(35)22-18-29-13-14-31(22)24(27(29,2)10-7-21(34)17-29)8-11-28(3)25(31)9-12-30(28,36)19-32(4)15-16-33/h5-6,13-14,18,21,24-25,33-34,36H,7-12,15-17,19H2,1-4H3/t21?,24-,25-,27-,28+,29+,30-,31-/m1/s1. The monoisotopic (exact) mass is 525 g/mol. The van der Waals surface area contributed by atoms with Crippen LogP contribution in [-0.2, 0) is 0 Å². The Kier molecular flexibility index (Phi) is 5.85. The molecule has 3 saturated carbocycles. The van der Waals surface area contributed by atoms with E-state index < -0.39 is 11.0 Å². The maximum atomic E-state index is 14.4. The molecule has 0 radical (unpaired) electrons. The van der Waals surface area contributed by atoms with Crippen LogP contribution in [0.2, 0.25) is 0 Å². The van der Waals surface area contributed by atoms with Gasteiger partial charge in [-0.25, -0.2) is 0 Å². The topological polar surface area (TPSA) is 81.0 Å². The van der Waals surface area contributed by atoms with Gasteiger partial charge in [-0.05, 0) is 88.3 Å². The van der Waals surface area contributed by atoms with E-state index in [1.807, 2.05) is 19.2 Å². The van der Waals surface area contributed by atoms with Gasteiger partial charge in [-0.15, -0.1) is 11.3 Å². The number of ketones is 1. The molecule has 0 aromatic carbocycles. The number of thiophene rings is 1. The van der Waals surface area contributed by atoms with Crippen LogP contribution in [0.5, 0.6) is 0 Å². The summed E-state index contributed by atoms with van der Waals surface area (Å²) in [5, 5.41) is 32.5. The second-order valence-corrected chi connectivity index (χ2v) is 14.8. The van der Waals surface area contributed by atoms with E-state index in [2.05, 4.69) is 43.9 Å². The van der Waals surface area contributed by atoms with Crippen LogP contribution in [0.4, 0.5) is 0 Å². The molecule has 3 fully saturated rings. The van der Waals surface area contributed by atoms with Crippen molar-refractivity contribution in [2.45, 2.75) is 77.4 Å². The van der Waals surface area contributed by atoms with Gasteiger partial charge in [0.25, 0.3) is 0 Å². The molecule has 3 N–H and O–H groups in total. The molecule has 202 valence electrons. The third kappa shape index (κ3) is 3.26. The number of aliphatic hydroxyl groups excluding tert-OH is 2. The summed E-state index contributed by atoms with van der Waals surface area (Å²) in [6.45, 7) is 7.91. The van der Waals surface area contributed by atoms with Crippen LogP contribution in [0, 0.1) is 40.4 Å². The summed E-state index contributed by atoms with van der Waals surface area (Å²) in [6, 6.07) is 4.01. The molecule has 6 aliphatic carbocycles. The molecule has 8 atom stereocenters. The third-order valence-electron chi connectivity index (χ3n) is 11.9. The lowest BCUT2D eigenvalue weighted by atomic mass is 9.32. The number of aliphatic hydroxyl groups is 3. The smallest absolute Gasteiger partial charge is 0.199 e. The molecule has 1 aromatic rings. The van der Waals surface area contributed by atoms with Crippen LogP contribution >= 0.6 is 11.3 Å². The number of carbonyl (C=O) groups is 1. The summed E-state index contributed by atoms with van der Waals surface area (Å²) < 4.78 is 0. The first-order chi connectivity index (χ1) is 17.4. The molecule has 6 heteroatoms. The number of aryl methyl sites for hydroxylation is 1. The third-order valence-corrected chi connectivity index (χ3v) is 12.9. The van der Waals surface area contributed by atoms with Crippen molar-refractivity contribution >= 4 is 17.1 Å². The van der Waals surface area contributed by atoms with Crippen LogP contribution in [0.3, 0.4) is 0 Å². The van der Waals surface area contributed by atoms with Gasteiger partial charge in [-0.2, -0.15) is 0 Å². The van der Waals surface area contributed by atoms with Crippen molar-refractivity contribution in [3.63, 3.8) is 0 Å². The molecule has 1 heterocycles. The zero-order valence-corrected chi connectivity index (χ0v) is 23.6. The SMILES string of the molecule is Cc1ccc(C(=O)C2=C[C@@]34C=C[C@@]25[C@@H]2CC[C@@](O)(CN(C)CCO)[C@@]2(C)CC[C@@H]5[C@@]3(C)CCC(O)C4)s1. The van der Waals surface area contributed by atoms with Gasteiger partial charge in [0.05, 0.1) is 23.2 Å². The molecule has 6 aliphatic rings. The number of hydrogen-bond acceptors (Lipinski definition) is 6. The lowest BCUT2D eigenvalue weighted by Gasteiger charge is -2.71. The Bertz CT molecular complexity index is 1170. The zero-order valence-electron chi connectivity index (χ0n) is 22.8. The number of fused-ring (bicyclic) bond motifs is 1. The van der Waals surface area contributed by atoms with E-state index in [9.17, 15) is 20.1 Å². The molecular formula is C31H43NO4S. The van der Waals surface area contributed by atoms with Crippen molar-refractivity contribution in [2.24, 2.45) is 33.5 Å². The van der Waals surface area contributed by atoms with Crippen LogP contribution < -0.4 is 0 Å². The molecule has 1 aromatic heterocycles. The zero-order chi connectivity index (χ0) is 26.4. The highest BCUT2D eigenvalue weighted by Crippen LogP contribution is 2.78. The Labute approximate surface area is 225 Å². The first-order valence-electron chi connectivity index (χ1n) is 14.2. The largest absolute Gasteiger partial charge is 0.395 e. The minimum absolute atomic E-state index is 0.00809. The average molecular weight is 526 g/mol. The average Bonchev–Trinajstić information content (AvgIpc) is 3.39. The fraction of sp³-hybridized carbons (Fsp3) is 0.710. The molecule has 2 bridgehead atoms. The highest BCUT2D eigenvalue weighted by Gasteiger charge is 2.74. The fourth-order valence-corrected chi connectivity index (χ4v) is 10.8. The van der Waals surface area contributed by atoms with Gasteiger partial charge >= 0.3 is 0 Å². The number of rotatable bonds is 6. The molecule has 7 rings (SSSR count). The predicted molar refractivity (Wildman–Crippen MR) is 147 cm³/mol. The Morgan fingerprint density at radius 3 is 2.49 bits per heavy atom. The first kappa shape index (κ1) is 25.9. The van der Waals surface area contributed by atoms with Gasteiger partial charge in [0, 0.05) is 39.8 Å². The van der Waals surface area contributed by atoms with E-state index in [0.29, 0.717) is 31.8 Å². The van der Waals surface area contributed by atoms with Gasteiger partial charge in [0.2, 0.25) is 0 Å². The summed E-state index contributed by atoms with van der Waals surface area (Å²) >= 11 is 1.57. The molecule has 0 amide bonds. The Morgan fingerprint density at radius 2 is 1.78 bits per heavy atom. The van der Waals surface area contributed by atoms with Crippen LogP contribution in [0.1, 0.15) is 73.3 Å². The van der Waals surface area contributed by atoms with Crippen molar-refractivity contribution in [3.05, 3.63) is 45.7 Å². The Balaban J connectivity index is 1.51. The number of Topliss-reactive ketones (excluding diaryl/α,β-unsaturated/α-hetero) is 1. The van der Waals surface area contributed by atoms with Crippen molar-refractivity contribution in [3.8, 4) is 0 Å². The first-order valence-corrected chi connectivity index (χ1v) is 15.0. The van der Waals surface area contributed by atoms with Crippen LogP contribution in [0.25, 0.3) is 0 Å². The van der Waals surface area contributed by atoms with E-state index in [1.165, 1.54) is 0 Å². The van der Waals surface area contributed by atoms with Crippen molar-refractivity contribution in [2.75, 3.05) is 26.7 Å². The number of allylic oxidation sites excluding steroid dienone is 4. The quantitative estimate of drug-likeness (QED) is 0.369. The molecule has 1 unspecified atom stereocenters. The number of likely N-dealkylation sites (N-methyl/N-ethyl adjacent to an activating group) is 1. The molecule has 5 nitrogen and oxygen atoms in total. The molecule has 0 aliphatic heterocycles. The van der Waals surface area contributed by atoms with E-state index in [0.717, 1.165) is 47.4 Å². The van der Waals surface area contributed by atoms with Crippen molar-refractivity contribution in [1.29, 1.82) is 0 Å². The Morgan fingerprint density at radius 1 is 1.08 bits per heavy atom. The number of hydrogen-bond donors (Lipinski definition) is 3. The molecule has 2 spiro atoms. The van der Waals surface area contributed by atoms with E-state index in [1.54, 1.807) is 11.3 Å². The van der Waals surface area contributed by atoms with Crippen molar-refractivity contribution < 1.29 is 20.1 Å². The van der Waals surface area contributed by atoms with Crippen LogP contribution in [-0.4, -0.2) is 64.5 Å². The lowest BCUT2D eigenvalue weighted by molar-refractivity contribution is -0.175. The van der Waals surface area contributed by atoms with Gasteiger partial charge in [0.15, 0.2) is 5.78 Å². The normalized spacial score (nSPS) is 45.9. The minimum Gasteiger partial charge on any atom is -0.395 e. The molecule has 0 saturated heterocycles. The van der Waals surface area contributed by atoms with E-state index in [-0.39, 0.29) is 40.7 Å².